The van der Waals surface area contributed by atoms with Crippen molar-refractivity contribution in [3.05, 3.63) is 0 Å². The Labute approximate surface area is 102 Å². The van der Waals surface area contributed by atoms with Crippen molar-refractivity contribution in [3.8, 4) is 11.6 Å². The second-order valence-electron chi connectivity index (χ2n) is 3.76. The number of hydrogen-bond acceptors (Lipinski definition) is 5. The van der Waals surface area contributed by atoms with Gasteiger partial charge in [0, 0.05) is 11.6 Å². The molecular formula is C11H19O5P. The van der Waals surface area contributed by atoms with Crippen LogP contribution in [-0.2, 0) is 23.1 Å². The molecule has 0 aromatic carbocycles. The van der Waals surface area contributed by atoms with Crippen molar-refractivity contribution >= 4 is 13.6 Å². The second-order valence-corrected chi connectivity index (χ2v) is 5.40. The summed E-state index contributed by atoms with van der Waals surface area (Å²) >= 11 is 0. The lowest BCUT2D eigenvalue weighted by Gasteiger charge is -2.17. The van der Waals surface area contributed by atoms with E-state index in [2.05, 4.69) is 16.3 Å². The van der Waals surface area contributed by atoms with Crippen LogP contribution >= 0.6 is 7.60 Å². The highest BCUT2D eigenvalue weighted by Crippen LogP contribution is 2.49. The van der Waals surface area contributed by atoms with Crippen molar-refractivity contribution in [1.29, 1.82) is 0 Å². The number of hydrogen-bond donors (Lipinski definition) is 0. The molecule has 0 radical (unpaired) electrons. The number of rotatable bonds is 5. The van der Waals surface area contributed by atoms with Crippen LogP contribution in [0.25, 0.3) is 0 Å². The molecule has 98 valence electrons. The predicted octanol–water partition coefficient (Wildman–Crippen LogP) is 2.55. The first-order valence-corrected chi connectivity index (χ1v) is 7.00. The van der Waals surface area contributed by atoms with Crippen LogP contribution in [0.1, 0.15) is 34.6 Å². The van der Waals surface area contributed by atoms with Gasteiger partial charge in [-0.05, 0) is 34.6 Å². The van der Waals surface area contributed by atoms with Gasteiger partial charge in [0.2, 0.25) is 0 Å². The zero-order valence-electron chi connectivity index (χ0n) is 10.9. The average molecular weight is 262 g/mol. The Kier molecular flexibility index (Phi) is 7.13. The highest BCUT2D eigenvalue weighted by atomic mass is 31.2. The van der Waals surface area contributed by atoms with Gasteiger partial charge in [-0.1, -0.05) is 0 Å². The van der Waals surface area contributed by atoms with Crippen LogP contribution in [0.3, 0.4) is 0 Å². The summed E-state index contributed by atoms with van der Waals surface area (Å²) in [4.78, 5) is 11.0. The van der Waals surface area contributed by atoms with Gasteiger partial charge >= 0.3 is 13.6 Å². The van der Waals surface area contributed by atoms with Crippen LogP contribution < -0.4 is 0 Å². The Morgan fingerprint density at radius 1 is 1.18 bits per heavy atom. The zero-order valence-corrected chi connectivity index (χ0v) is 11.7. The Bertz CT molecular complexity index is 337. The lowest BCUT2D eigenvalue weighted by molar-refractivity contribution is -0.136. The standard InChI is InChI=1S/C11H19O5P/c1-6-14-11(12)7-8-17(13,15-9(2)3)16-10(4)5/h9-10H,6H2,1-5H3. The van der Waals surface area contributed by atoms with Crippen LogP contribution in [0.4, 0.5) is 0 Å². The molecule has 0 amide bonds. The summed E-state index contributed by atoms with van der Waals surface area (Å²) < 4.78 is 27.0. The molecule has 0 saturated carbocycles. The highest BCUT2D eigenvalue weighted by Gasteiger charge is 2.25. The van der Waals surface area contributed by atoms with Gasteiger partial charge in [0.25, 0.3) is 0 Å². The average Bonchev–Trinajstić information content (AvgIpc) is 2.12. The Balaban J connectivity index is 4.81. The topological polar surface area (TPSA) is 61.8 Å². The lowest BCUT2D eigenvalue weighted by atomic mass is 10.5. The third-order valence-electron chi connectivity index (χ3n) is 1.27. The molecule has 0 N–H and O–H groups in total. The van der Waals surface area contributed by atoms with Crippen LogP contribution in [-0.4, -0.2) is 24.8 Å². The van der Waals surface area contributed by atoms with E-state index in [1.165, 1.54) is 0 Å². The fourth-order valence-corrected chi connectivity index (χ4v) is 2.41. The van der Waals surface area contributed by atoms with Gasteiger partial charge in [0.05, 0.1) is 18.8 Å². The van der Waals surface area contributed by atoms with Gasteiger partial charge in [0.15, 0.2) is 0 Å². The molecule has 0 aromatic rings. The van der Waals surface area contributed by atoms with E-state index in [0.717, 1.165) is 0 Å². The molecule has 0 heterocycles. The van der Waals surface area contributed by atoms with Crippen LogP contribution in [0, 0.1) is 11.6 Å². The summed E-state index contributed by atoms with van der Waals surface area (Å²) in [5.41, 5.74) is 2.23. The third kappa shape index (κ3) is 7.98. The van der Waals surface area contributed by atoms with Crippen molar-refractivity contribution in [2.24, 2.45) is 0 Å². The minimum atomic E-state index is -3.57. The van der Waals surface area contributed by atoms with E-state index < -0.39 is 13.6 Å². The van der Waals surface area contributed by atoms with Gasteiger partial charge in [-0.3, -0.25) is 9.05 Å². The summed E-state index contributed by atoms with van der Waals surface area (Å²) in [5, 5.41) is 0. The van der Waals surface area contributed by atoms with E-state index in [1.54, 1.807) is 34.6 Å². The molecule has 17 heavy (non-hydrogen) atoms. The first kappa shape index (κ1) is 16.2. The molecule has 6 heteroatoms. The van der Waals surface area contributed by atoms with Crippen LogP contribution in [0.2, 0.25) is 0 Å². The number of ether oxygens (including phenoxy) is 1. The van der Waals surface area contributed by atoms with Crippen molar-refractivity contribution in [1.82, 2.24) is 0 Å². The molecular weight excluding hydrogens is 243 g/mol. The van der Waals surface area contributed by atoms with E-state index in [1.807, 2.05) is 0 Å². The normalized spacial score (nSPS) is 11.2. The Morgan fingerprint density at radius 2 is 1.65 bits per heavy atom. The molecule has 0 rings (SSSR count). The van der Waals surface area contributed by atoms with Crippen molar-refractivity contribution < 1.29 is 23.1 Å². The van der Waals surface area contributed by atoms with Crippen molar-refractivity contribution in [3.63, 3.8) is 0 Å². The number of esters is 1. The largest absolute Gasteiger partial charge is 0.456 e. The summed E-state index contributed by atoms with van der Waals surface area (Å²) in [6.45, 7) is 8.72. The third-order valence-corrected chi connectivity index (χ3v) is 3.05. The maximum atomic E-state index is 12.1. The monoisotopic (exact) mass is 262 g/mol. The molecule has 0 aliphatic heterocycles. The fourth-order valence-electron chi connectivity index (χ4n) is 0.914. The van der Waals surface area contributed by atoms with Gasteiger partial charge in [-0.15, -0.1) is 0 Å². The molecule has 0 saturated heterocycles. The molecule has 0 aliphatic rings. The Morgan fingerprint density at radius 3 is 2.00 bits per heavy atom. The summed E-state index contributed by atoms with van der Waals surface area (Å²) in [6.07, 6.45) is -0.618. The summed E-state index contributed by atoms with van der Waals surface area (Å²) in [5.74, 6) is 1.37. The molecule has 0 unspecified atom stereocenters. The highest BCUT2D eigenvalue weighted by molar-refractivity contribution is 7.59. The van der Waals surface area contributed by atoms with E-state index in [0.29, 0.717) is 0 Å². The molecule has 0 aromatic heterocycles. The number of carbonyl (C=O) groups excluding carboxylic acids is 1. The smallest absolute Gasteiger partial charge is 0.406 e. The second kappa shape index (κ2) is 7.50. The first-order valence-electron chi connectivity index (χ1n) is 5.46. The maximum absolute atomic E-state index is 12.1. The quantitative estimate of drug-likeness (QED) is 0.433. The first-order chi connectivity index (χ1) is 7.79. The fraction of sp³-hybridized carbons (Fsp3) is 0.727. The Hall–Kier alpha value is -0.820. The molecule has 0 bridgehead atoms. The predicted molar refractivity (Wildman–Crippen MR) is 64.5 cm³/mol. The van der Waals surface area contributed by atoms with E-state index >= 15 is 0 Å². The number of carbonyl (C=O) groups is 1. The van der Waals surface area contributed by atoms with Gasteiger partial charge in [-0.2, -0.15) is 0 Å². The van der Waals surface area contributed by atoms with E-state index in [4.69, 9.17) is 9.05 Å². The van der Waals surface area contributed by atoms with Gasteiger partial charge < -0.3 is 4.74 Å². The molecule has 5 nitrogen and oxygen atoms in total. The van der Waals surface area contributed by atoms with Crippen molar-refractivity contribution in [2.75, 3.05) is 6.61 Å². The minimum Gasteiger partial charge on any atom is -0.456 e. The van der Waals surface area contributed by atoms with E-state index in [9.17, 15) is 9.36 Å². The van der Waals surface area contributed by atoms with E-state index in [-0.39, 0.29) is 18.8 Å². The summed E-state index contributed by atoms with van der Waals surface area (Å²) in [6, 6.07) is 0. The van der Waals surface area contributed by atoms with Crippen LogP contribution in [0.5, 0.6) is 0 Å². The lowest BCUT2D eigenvalue weighted by Crippen LogP contribution is -2.07. The maximum Gasteiger partial charge on any atom is 0.406 e. The SMILES string of the molecule is CCOC(=O)C#CP(=O)(OC(C)C)OC(C)C. The van der Waals surface area contributed by atoms with Crippen molar-refractivity contribution in [2.45, 2.75) is 46.8 Å². The minimum absolute atomic E-state index is 0.216. The molecule has 0 aliphatic carbocycles. The molecule has 0 atom stereocenters. The van der Waals surface area contributed by atoms with Gasteiger partial charge in [0.1, 0.15) is 0 Å². The van der Waals surface area contributed by atoms with Crippen LogP contribution in [0.15, 0.2) is 0 Å². The van der Waals surface area contributed by atoms with Gasteiger partial charge in [-0.25, -0.2) is 9.36 Å². The summed E-state index contributed by atoms with van der Waals surface area (Å²) in [7, 11) is -3.57. The zero-order chi connectivity index (χ0) is 13.5. The molecule has 0 fully saturated rings. The molecule has 0 spiro atoms.